The molecule has 48 nitrogen and oxygen atoms in total. The Labute approximate surface area is 792 Å². The minimum absolute atomic E-state index is 0.0264. The number of hydrogen-bond donors (Lipinski definition) is 30. The maximum absolute atomic E-state index is 11.6. The molecule has 30 N–H and O–H groups in total. The molecule has 0 unspecified atom stereocenters. The van der Waals surface area contributed by atoms with Crippen LogP contribution in [0.4, 0.5) is 0 Å². The summed E-state index contributed by atoms with van der Waals surface area (Å²) in [4.78, 5) is 18.0. The van der Waals surface area contributed by atoms with Crippen LogP contribution in [0.3, 0.4) is 0 Å². The van der Waals surface area contributed by atoms with E-state index in [0.717, 1.165) is 0 Å². The minimum Gasteiger partial charge on any atom is -0.462 e. The maximum atomic E-state index is 11.6. The van der Waals surface area contributed by atoms with Crippen LogP contribution in [0, 0.1) is 0 Å². The standard InChI is InChI=1S/C92H110N4O44/c97-25-49-61(105)65(109)73(117)89(129-49)137-81-53(29-101)133-85(77(121)69(81)113)125-37-9-1-33(2-10-37)57-41-17-19-43(93-41)58(34-3-11-38(12-4-34)126-86-78(122)70(114)82(54(30-102)134-86)138-90-74(118)66(110)62(106)50(26-98)130-90)45-21-23-47(95-45)60(36-7-15-40(16-8-36)128-88-80(124)72(116)84(56(32-104)136-88)140-92-76(120)68(112)64(108)52(28-100)132-92)48-24-22-46(96-48)59(44-20-18-42(57)94-44)35-5-13-39(14-6-35)127-87-79(123)71(115)83(55(31-103)135-87)139-91-75(119)67(111)63(107)51(27-99)131-91/h1-24,49-56,61-94,97-124H,25-32H2/t49-,50-,51-,52-,53-,54-,55-,56-,61-,62-,63-,64-,65+,66+,67+,68+,69-,70-,71-,72-,73-,74-,75-,76-,77-,78-,79-,80-,81-,82-,83-,84-,85-,86-,87-,88-,89-,90-,91-,92-/m1/s1. The molecule has 10 aliphatic rings. The van der Waals surface area contributed by atoms with Gasteiger partial charge in [0.1, 0.15) is 218 Å². The topological polar surface area (TPSA) is 771 Å². The van der Waals surface area contributed by atoms with Crippen molar-refractivity contribution in [1.82, 2.24) is 19.9 Å². The van der Waals surface area contributed by atoms with Gasteiger partial charge in [-0.2, -0.15) is 0 Å². The van der Waals surface area contributed by atoms with Crippen LogP contribution in [0.25, 0.3) is 90.9 Å². The normalized spacial score (nSPS) is 38.5. The SMILES string of the molecule is OC[C@H]1O[C@H](O[C@H]2[C@H](O)[C@@H](O)[C@H](Oc3ccc(-c4c5nc(c(-c6ccc(O[C@@H]7O[C@H](CO)[C@@H](O[C@H]8O[C@H](CO)[C@@H](O)[C@H](O)[C@H]8O)[C@H](O)[C@H]7O)cc6)c6ccc([nH]6)c(-c6ccc(O[C@@H]7O[C@H](CO)[C@@H](O[C@H]8O[C@H](CO)[C@@H](O)[C@H](O)[C@H]8O)[C@H](O)[C@H]7O)cc6)c6ccc([nH]6)c(-c6ccc(O[C@@H]7O[C@H](CO)[C@@H](O[C@H]8O[C@H](CO)[C@@H](O)[C@H](O)[C@H]8O)[C@H](O)[C@H]7O)cc6)c6nc4C=C6)C=C5)cc3)O[C@@H]2CO)[C@H](O)[C@@H](O)[C@@H]1O. The molecule has 762 valence electrons. The Hall–Kier alpha value is -8.92. The van der Waals surface area contributed by atoms with E-state index in [1.165, 1.54) is 48.5 Å². The number of ether oxygens (including phenoxy) is 16. The summed E-state index contributed by atoms with van der Waals surface area (Å²) in [6, 6.07) is 32.2. The summed E-state index contributed by atoms with van der Waals surface area (Å²) in [5.41, 5.74) is 6.30. The Morgan fingerprint density at radius 2 is 0.386 bits per heavy atom. The molecule has 0 aliphatic carbocycles. The third kappa shape index (κ3) is 20.3. The van der Waals surface area contributed by atoms with Crippen molar-refractivity contribution in [3.05, 3.63) is 144 Å². The van der Waals surface area contributed by atoms with E-state index < -0.39 is 299 Å². The fourth-order valence-corrected chi connectivity index (χ4v) is 18.4. The number of aromatic nitrogens is 4. The average Bonchev–Trinajstić information content (AvgIpc) is 1.53. The number of hydrogen-bond acceptors (Lipinski definition) is 46. The zero-order chi connectivity index (χ0) is 99.4. The fourth-order valence-electron chi connectivity index (χ4n) is 18.4. The molecule has 10 aliphatic heterocycles. The highest BCUT2D eigenvalue weighted by Crippen LogP contribution is 2.44. The first kappa shape index (κ1) is 103. The van der Waals surface area contributed by atoms with E-state index in [9.17, 15) is 143 Å². The van der Waals surface area contributed by atoms with E-state index in [-0.39, 0.29) is 34.4 Å². The molecule has 8 fully saturated rings. The number of nitrogens with one attached hydrogen (secondary N) is 2. The number of aromatic amines is 2. The maximum Gasteiger partial charge on any atom is 0.229 e. The molecule has 8 saturated heterocycles. The molecule has 17 rings (SSSR count). The molecular weight excluding hydrogens is 1860 g/mol. The van der Waals surface area contributed by atoms with Crippen molar-refractivity contribution in [3.8, 4) is 67.5 Å². The molecule has 140 heavy (non-hydrogen) atoms. The van der Waals surface area contributed by atoms with E-state index in [0.29, 0.717) is 78.0 Å². The van der Waals surface area contributed by atoms with E-state index in [4.69, 9.17) is 85.8 Å². The minimum atomic E-state index is -1.95. The van der Waals surface area contributed by atoms with Gasteiger partial charge in [-0.15, -0.1) is 0 Å². The molecule has 48 heteroatoms. The number of fused-ring (bicyclic) bond motifs is 8. The summed E-state index contributed by atoms with van der Waals surface area (Å²) in [5.74, 6) is 0.130. The van der Waals surface area contributed by atoms with Crippen molar-refractivity contribution in [1.29, 1.82) is 0 Å². The quantitative estimate of drug-likeness (QED) is 0.0217. The fraction of sp³-hybridized carbons (Fsp3) is 0.522. The summed E-state index contributed by atoms with van der Waals surface area (Å²) in [6.07, 6.45) is -63.5. The van der Waals surface area contributed by atoms with Gasteiger partial charge in [0.2, 0.25) is 25.2 Å². The molecule has 13 heterocycles. The van der Waals surface area contributed by atoms with E-state index in [1.54, 1.807) is 97.1 Å². The van der Waals surface area contributed by atoms with Gasteiger partial charge in [0.15, 0.2) is 25.2 Å². The second-order valence-corrected chi connectivity index (χ2v) is 35.1. The first-order valence-electron chi connectivity index (χ1n) is 44.9. The van der Waals surface area contributed by atoms with Crippen LogP contribution in [0.5, 0.6) is 23.0 Å². The van der Waals surface area contributed by atoms with Gasteiger partial charge in [-0.3, -0.25) is 0 Å². The van der Waals surface area contributed by atoms with Crippen molar-refractivity contribution in [2.45, 2.75) is 246 Å². The zero-order valence-corrected chi connectivity index (χ0v) is 73.6. The van der Waals surface area contributed by atoms with Gasteiger partial charge in [0.25, 0.3) is 0 Å². The van der Waals surface area contributed by atoms with E-state index in [1.807, 2.05) is 0 Å². The van der Waals surface area contributed by atoms with Crippen LogP contribution >= 0.6 is 0 Å². The smallest absolute Gasteiger partial charge is 0.229 e. The molecule has 0 amide bonds. The van der Waals surface area contributed by atoms with Crippen LogP contribution in [0.2, 0.25) is 0 Å². The highest BCUT2D eigenvalue weighted by Gasteiger charge is 2.57. The molecule has 8 bridgehead atoms. The average molecular weight is 1980 g/mol. The number of aliphatic hydroxyl groups is 28. The highest BCUT2D eigenvalue weighted by atomic mass is 16.8. The number of H-pyrrole nitrogens is 2. The van der Waals surface area contributed by atoms with Gasteiger partial charge in [0.05, 0.1) is 75.6 Å². The van der Waals surface area contributed by atoms with Gasteiger partial charge < -0.3 is 229 Å². The second kappa shape index (κ2) is 43.6. The Balaban J connectivity index is 0.752. The predicted octanol–water partition coefficient (Wildman–Crippen LogP) is -8.66. The molecule has 0 saturated carbocycles. The summed E-state index contributed by atoms with van der Waals surface area (Å²) in [5, 5.41) is 302. The largest absolute Gasteiger partial charge is 0.462 e. The highest BCUT2D eigenvalue weighted by molar-refractivity contribution is 6.00. The van der Waals surface area contributed by atoms with Crippen molar-refractivity contribution in [2.24, 2.45) is 0 Å². The van der Waals surface area contributed by atoms with Crippen molar-refractivity contribution < 1.29 is 219 Å². The first-order valence-corrected chi connectivity index (χ1v) is 44.9. The molecule has 0 radical (unpaired) electrons. The predicted molar refractivity (Wildman–Crippen MR) is 469 cm³/mol. The van der Waals surface area contributed by atoms with Crippen molar-refractivity contribution in [3.63, 3.8) is 0 Å². The lowest BCUT2D eigenvalue weighted by Gasteiger charge is -2.45. The Kier molecular flexibility index (Phi) is 31.9. The van der Waals surface area contributed by atoms with Gasteiger partial charge >= 0.3 is 0 Å². The summed E-state index contributed by atoms with van der Waals surface area (Å²) in [6.45, 7) is -6.76. The molecule has 4 aromatic carbocycles. The van der Waals surface area contributed by atoms with Gasteiger partial charge in [-0.05, 0) is 119 Å². The lowest BCUT2D eigenvalue weighted by Crippen LogP contribution is -2.65. The number of benzene rings is 4. The molecular formula is C92H110N4O44. The third-order valence-electron chi connectivity index (χ3n) is 26.2. The Morgan fingerprint density at radius 3 is 0.607 bits per heavy atom. The summed E-state index contributed by atoms with van der Waals surface area (Å²) in [7, 11) is 0. The molecule has 0 spiro atoms. The third-order valence-corrected chi connectivity index (χ3v) is 26.2. The number of nitrogens with zero attached hydrogens (tertiary/aromatic N) is 2. The Morgan fingerprint density at radius 1 is 0.200 bits per heavy atom. The van der Waals surface area contributed by atoms with Gasteiger partial charge in [-0.25, -0.2) is 9.97 Å². The van der Waals surface area contributed by atoms with Crippen LogP contribution in [-0.4, -0.2) is 461 Å². The monoisotopic (exact) mass is 1970 g/mol. The number of rotatable bonds is 28. The van der Waals surface area contributed by atoms with Gasteiger partial charge in [-0.1, -0.05) is 48.5 Å². The Bertz CT molecular complexity index is 5340. The molecule has 40 atom stereocenters. The van der Waals surface area contributed by atoms with Gasteiger partial charge in [0, 0.05) is 44.3 Å². The number of aliphatic hydroxyl groups excluding tert-OH is 28. The van der Waals surface area contributed by atoms with E-state index in [2.05, 4.69) is 9.97 Å². The summed E-state index contributed by atoms with van der Waals surface area (Å²) >= 11 is 0. The van der Waals surface area contributed by atoms with E-state index >= 15 is 0 Å². The van der Waals surface area contributed by atoms with Crippen LogP contribution in [0.15, 0.2) is 121 Å². The molecule has 3 aromatic heterocycles. The zero-order valence-electron chi connectivity index (χ0n) is 73.6. The first-order chi connectivity index (χ1) is 67.3. The second-order valence-electron chi connectivity index (χ2n) is 35.1. The van der Waals surface area contributed by atoms with Crippen LogP contribution < -0.4 is 18.9 Å². The lowest BCUT2D eigenvalue weighted by atomic mass is 9.97. The van der Waals surface area contributed by atoms with Crippen molar-refractivity contribution >= 4 is 46.4 Å². The summed E-state index contributed by atoms with van der Waals surface area (Å²) < 4.78 is 93.7. The van der Waals surface area contributed by atoms with Crippen molar-refractivity contribution in [2.75, 3.05) is 52.9 Å². The molecule has 7 aromatic rings. The van der Waals surface area contributed by atoms with Crippen LogP contribution in [0.1, 0.15) is 22.8 Å². The lowest BCUT2D eigenvalue weighted by molar-refractivity contribution is -0.352. The van der Waals surface area contributed by atoms with Crippen LogP contribution in [-0.2, 0) is 56.8 Å².